The van der Waals surface area contributed by atoms with Crippen LogP contribution in [0.1, 0.15) is 11.1 Å². The molecule has 0 aliphatic carbocycles. The monoisotopic (exact) mass is 244 g/mol. The number of hydrogen-bond donors (Lipinski definition) is 1. The lowest BCUT2D eigenvalue weighted by atomic mass is 10.1. The maximum absolute atomic E-state index is 5.69. The summed E-state index contributed by atoms with van der Waals surface area (Å²) in [5, 5.41) is 0. The quantitative estimate of drug-likeness (QED) is 0.901. The molecular weight excluding hydrogens is 228 g/mol. The van der Waals surface area contributed by atoms with Crippen molar-refractivity contribution in [2.75, 3.05) is 12.8 Å². The lowest BCUT2D eigenvalue weighted by Gasteiger charge is -2.09. The van der Waals surface area contributed by atoms with Gasteiger partial charge in [-0.1, -0.05) is 6.07 Å². The average molecular weight is 244 g/mol. The molecule has 1 aromatic carbocycles. The molecule has 0 spiro atoms. The molecule has 1 heterocycles. The number of ether oxygens (including phenoxy) is 2. The van der Waals surface area contributed by atoms with Crippen LogP contribution >= 0.6 is 0 Å². The summed E-state index contributed by atoms with van der Waals surface area (Å²) in [6.07, 6.45) is 0. The molecule has 4 heteroatoms. The van der Waals surface area contributed by atoms with Gasteiger partial charge >= 0.3 is 0 Å². The third-order valence-electron chi connectivity index (χ3n) is 2.76. The van der Waals surface area contributed by atoms with Crippen LogP contribution in [0.25, 0.3) is 0 Å². The van der Waals surface area contributed by atoms with E-state index in [1.165, 1.54) is 18.2 Å². The maximum atomic E-state index is 5.69. The summed E-state index contributed by atoms with van der Waals surface area (Å²) in [6.45, 7) is 4.10. The van der Waals surface area contributed by atoms with Gasteiger partial charge in [-0.25, -0.2) is 0 Å². The molecule has 0 saturated heterocycles. The number of benzene rings is 1. The highest BCUT2D eigenvalue weighted by molar-refractivity contribution is 5.49. The van der Waals surface area contributed by atoms with Crippen LogP contribution in [-0.2, 0) is 0 Å². The van der Waals surface area contributed by atoms with E-state index in [4.69, 9.17) is 15.2 Å². The van der Waals surface area contributed by atoms with Crippen molar-refractivity contribution in [3.05, 3.63) is 41.5 Å². The molecule has 0 aliphatic rings. The largest absolute Gasteiger partial charge is 0.479 e. The molecule has 0 fully saturated rings. The zero-order chi connectivity index (χ0) is 13.1. The van der Waals surface area contributed by atoms with Crippen LogP contribution in [0.4, 0.5) is 5.69 Å². The summed E-state index contributed by atoms with van der Waals surface area (Å²) in [6, 6.07) is 9.32. The van der Waals surface area contributed by atoms with Crippen LogP contribution in [0.3, 0.4) is 0 Å². The maximum Gasteiger partial charge on any atom is 0.240 e. The SMILES string of the molecule is COc1nc(Oc2ccc(C)c(C)c2)ccc1N. The highest BCUT2D eigenvalue weighted by atomic mass is 16.5. The van der Waals surface area contributed by atoms with Gasteiger partial charge < -0.3 is 15.2 Å². The van der Waals surface area contributed by atoms with Crippen molar-refractivity contribution in [2.45, 2.75) is 13.8 Å². The Hall–Kier alpha value is -2.23. The van der Waals surface area contributed by atoms with Gasteiger partial charge in [-0.15, -0.1) is 0 Å². The first kappa shape index (κ1) is 12.2. The molecular formula is C14H16N2O2. The van der Waals surface area contributed by atoms with E-state index >= 15 is 0 Å². The second kappa shape index (κ2) is 4.96. The fraction of sp³-hybridized carbons (Fsp3) is 0.214. The topological polar surface area (TPSA) is 57.4 Å². The van der Waals surface area contributed by atoms with Crippen LogP contribution in [0.15, 0.2) is 30.3 Å². The van der Waals surface area contributed by atoms with E-state index in [0.717, 1.165) is 5.75 Å². The number of anilines is 1. The molecule has 0 bridgehead atoms. The molecule has 18 heavy (non-hydrogen) atoms. The average Bonchev–Trinajstić information content (AvgIpc) is 2.36. The molecule has 0 amide bonds. The van der Waals surface area contributed by atoms with Crippen molar-refractivity contribution in [1.82, 2.24) is 4.98 Å². The zero-order valence-corrected chi connectivity index (χ0v) is 10.7. The Labute approximate surface area is 106 Å². The molecule has 1 aromatic heterocycles. The van der Waals surface area contributed by atoms with E-state index in [-0.39, 0.29) is 0 Å². The predicted octanol–water partition coefficient (Wildman–Crippen LogP) is 3.08. The predicted molar refractivity (Wildman–Crippen MR) is 71.2 cm³/mol. The van der Waals surface area contributed by atoms with Gasteiger partial charge in [-0.05, 0) is 43.2 Å². The third kappa shape index (κ3) is 2.53. The van der Waals surface area contributed by atoms with Crippen molar-refractivity contribution < 1.29 is 9.47 Å². The van der Waals surface area contributed by atoms with Gasteiger partial charge in [0.15, 0.2) is 0 Å². The standard InChI is InChI=1S/C14H16N2O2/c1-9-4-5-11(8-10(9)2)18-13-7-6-12(15)14(16-13)17-3/h4-8H,15H2,1-3H3. The number of nitrogens with two attached hydrogens (primary N) is 1. The lowest BCUT2D eigenvalue weighted by Crippen LogP contribution is -1.97. The second-order valence-corrected chi connectivity index (χ2v) is 4.10. The number of rotatable bonds is 3. The molecule has 94 valence electrons. The van der Waals surface area contributed by atoms with Gasteiger partial charge in [0.25, 0.3) is 0 Å². The van der Waals surface area contributed by atoms with Gasteiger partial charge in [0.2, 0.25) is 11.8 Å². The Bertz CT molecular complexity index is 568. The Morgan fingerprint density at radius 1 is 1.06 bits per heavy atom. The first-order valence-electron chi connectivity index (χ1n) is 5.66. The molecule has 0 saturated carbocycles. The normalized spacial score (nSPS) is 10.2. The van der Waals surface area contributed by atoms with Crippen LogP contribution in [0, 0.1) is 13.8 Å². The van der Waals surface area contributed by atoms with Gasteiger partial charge in [0.1, 0.15) is 5.75 Å². The molecule has 0 unspecified atom stereocenters. The summed E-state index contributed by atoms with van der Waals surface area (Å²) in [5.41, 5.74) is 8.59. The van der Waals surface area contributed by atoms with Crippen LogP contribution < -0.4 is 15.2 Å². The van der Waals surface area contributed by atoms with Gasteiger partial charge in [-0.2, -0.15) is 4.98 Å². The number of aromatic nitrogens is 1. The first-order chi connectivity index (χ1) is 8.60. The fourth-order valence-electron chi connectivity index (χ4n) is 1.55. The van der Waals surface area contributed by atoms with E-state index in [2.05, 4.69) is 11.9 Å². The van der Waals surface area contributed by atoms with Gasteiger partial charge in [0, 0.05) is 6.07 Å². The molecule has 0 aliphatic heterocycles. The third-order valence-corrected chi connectivity index (χ3v) is 2.76. The van der Waals surface area contributed by atoms with E-state index in [0.29, 0.717) is 17.4 Å². The summed E-state index contributed by atoms with van der Waals surface area (Å²) < 4.78 is 10.7. The number of nitrogens with zero attached hydrogens (tertiary/aromatic N) is 1. The van der Waals surface area contributed by atoms with Gasteiger partial charge in [-0.3, -0.25) is 0 Å². The first-order valence-corrected chi connectivity index (χ1v) is 5.66. The minimum Gasteiger partial charge on any atom is -0.479 e. The summed E-state index contributed by atoms with van der Waals surface area (Å²) >= 11 is 0. The minimum absolute atomic E-state index is 0.372. The van der Waals surface area contributed by atoms with Gasteiger partial charge in [0.05, 0.1) is 12.8 Å². The molecule has 4 nitrogen and oxygen atoms in total. The molecule has 0 radical (unpaired) electrons. The van der Waals surface area contributed by atoms with Crippen LogP contribution in [0.5, 0.6) is 17.5 Å². The summed E-state index contributed by atoms with van der Waals surface area (Å²) in [4.78, 5) is 4.17. The minimum atomic E-state index is 0.372. The lowest BCUT2D eigenvalue weighted by molar-refractivity contribution is 0.385. The smallest absolute Gasteiger partial charge is 0.240 e. The zero-order valence-electron chi connectivity index (χ0n) is 10.7. The highest BCUT2D eigenvalue weighted by Gasteiger charge is 2.05. The van der Waals surface area contributed by atoms with E-state index in [1.54, 1.807) is 12.1 Å². The molecule has 2 aromatic rings. The highest BCUT2D eigenvalue weighted by Crippen LogP contribution is 2.26. The number of methoxy groups -OCH3 is 1. The Kier molecular flexibility index (Phi) is 3.37. The molecule has 2 rings (SSSR count). The fourth-order valence-corrected chi connectivity index (χ4v) is 1.55. The van der Waals surface area contributed by atoms with Crippen molar-refractivity contribution >= 4 is 5.69 Å². The number of hydrogen-bond acceptors (Lipinski definition) is 4. The molecule has 2 N–H and O–H groups in total. The Morgan fingerprint density at radius 3 is 2.50 bits per heavy atom. The Balaban J connectivity index is 2.25. The number of aryl methyl sites for hydroxylation is 2. The summed E-state index contributed by atoms with van der Waals surface area (Å²) in [5.74, 6) is 1.58. The van der Waals surface area contributed by atoms with Crippen molar-refractivity contribution in [1.29, 1.82) is 0 Å². The Morgan fingerprint density at radius 2 is 1.83 bits per heavy atom. The van der Waals surface area contributed by atoms with E-state index in [9.17, 15) is 0 Å². The van der Waals surface area contributed by atoms with Crippen molar-refractivity contribution in [3.8, 4) is 17.5 Å². The second-order valence-electron chi connectivity index (χ2n) is 4.10. The van der Waals surface area contributed by atoms with Crippen molar-refractivity contribution in [2.24, 2.45) is 0 Å². The van der Waals surface area contributed by atoms with Crippen LogP contribution in [0.2, 0.25) is 0 Å². The summed E-state index contributed by atoms with van der Waals surface area (Å²) in [7, 11) is 1.53. The van der Waals surface area contributed by atoms with E-state index < -0.39 is 0 Å². The van der Waals surface area contributed by atoms with E-state index in [1.807, 2.05) is 25.1 Å². The molecule has 0 atom stereocenters. The van der Waals surface area contributed by atoms with Crippen molar-refractivity contribution in [3.63, 3.8) is 0 Å². The van der Waals surface area contributed by atoms with Crippen LogP contribution in [-0.4, -0.2) is 12.1 Å². The number of nitrogen functional groups attached to an aromatic ring is 1. The number of pyridine rings is 1.